The number of nitrogens with one attached hydrogen (secondary N) is 4. The third kappa shape index (κ3) is 12.9. The first-order valence-corrected chi connectivity index (χ1v) is 27.8. The van der Waals surface area contributed by atoms with Crippen LogP contribution >= 0.6 is 21.6 Å². The van der Waals surface area contributed by atoms with E-state index in [2.05, 4.69) is 69.8 Å². The average molecular weight is 1010 g/mol. The quantitative estimate of drug-likeness (QED) is 0.0333. The van der Waals surface area contributed by atoms with Crippen molar-refractivity contribution in [1.29, 1.82) is 0 Å². The van der Waals surface area contributed by atoms with E-state index in [1.54, 1.807) is 21.6 Å². The number of ketones is 1. The molecule has 1 saturated heterocycles. The number of pyridine rings is 1. The monoisotopic (exact) mass is 1010 g/mol. The Morgan fingerprint density at radius 3 is 2.38 bits per heavy atom. The summed E-state index contributed by atoms with van der Waals surface area (Å²) in [6, 6.07) is 15.3. The van der Waals surface area contributed by atoms with E-state index >= 15 is 0 Å². The smallest absolute Gasteiger partial charge is 0.251 e. The largest absolute Gasteiger partial charge is 0.382 e. The minimum Gasteiger partial charge on any atom is -0.382 e. The molecule has 0 saturated carbocycles. The van der Waals surface area contributed by atoms with Gasteiger partial charge in [-0.25, -0.2) is 9.97 Å². The van der Waals surface area contributed by atoms with E-state index < -0.39 is 16.5 Å². The number of hydrogen-bond donors (Lipinski definition) is 5. The van der Waals surface area contributed by atoms with Crippen LogP contribution in [0.4, 0.5) is 5.82 Å². The average Bonchev–Trinajstić information content (AvgIpc) is 3.89. The molecule has 2 aliphatic carbocycles. The van der Waals surface area contributed by atoms with Gasteiger partial charge in [-0.3, -0.25) is 24.5 Å². The van der Waals surface area contributed by atoms with E-state index in [0.29, 0.717) is 74.8 Å². The first kappa shape index (κ1) is 54.0. The van der Waals surface area contributed by atoms with Crippen LogP contribution in [0.15, 0.2) is 120 Å². The minimum atomic E-state index is -0.663. The lowest BCUT2D eigenvalue weighted by Crippen LogP contribution is -2.48. The number of unbranched alkanes of at least 4 members (excludes halogenated alkanes) is 3. The highest BCUT2D eigenvalue weighted by Gasteiger charge is 2.63. The number of nitrogen functional groups attached to an aromatic ring is 1. The summed E-state index contributed by atoms with van der Waals surface area (Å²) in [6.45, 7) is 14.7. The number of aromatic nitrogens is 3. The van der Waals surface area contributed by atoms with E-state index in [1.165, 1.54) is 0 Å². The molecular formula is C57H72N8O5S2. The summed E-state index contributed by atoms with van der Waals surface area (Å²) < 4.78 is 7.86. The molecule has 0 radical (unpaired) electrons. The molecule has 7 rings (SSSR count). The van der Waals surface area contributed by atoms with Gasteiger partial charge < -0.3 is 31.0 Å². The molecule has 13 nitrogen and oxygen atoms in total. The Morgan fingerprint density at radius 1 is 0.875 bits per heavy atom. The number of ether oxygens (including phenoxy) is 1. The molecule has 382 valence electrons. The first-order valence-electron chi connectivity index (χ1n) is 25.4. The molecule has 4 atom stereocenters. The number of allylic oxidation sites excluding steroid dienone is 9. The number of fused-ring (bicyclic) bond motifs is 7. The number of carbonyl (C=O) groups is 4. The van der Waals surface area contributed by atoms with Crippen molar-refractivity contribution >= 4 is 72.8 Å². The summed E-state index contributed by atoms with van der Waals surface area (Å²) in [4.78, 5) is 62.1. The van der Waals surface area contributed by atoms with Crippen molar-refractivity contribution in [2.45, 2.75) is 128 Å². The molecule has 15 heteroatoms. The molecule has 3 heterocycles. The zero-order valence-electron chi connectivity index (χ0n) is 42.7. The first-order chi connectivity index (χ1) is 34.6. The predicted octanol–water partition coefficient (Wildman–Crippen LogP) is 10.1. The van der Waals surface area contributed by atoms with Crippen LogP contribution in [0.3, 0.4) is 0 Å². The maximum atomic E-state index is 14.0. The number of anilines is 1. The molecule has 0 spiro atoms. The third-order valence-corrected chi connectivity index (χ3v) is 16.8. The minimum absolute atomic E-state index is 0.0212. The summed E-state index contributed by atoms with van der Waals surface area (Å²) in [6.07, 6.45) is 25.7. The second kappa shape index (κ2) is 24.8. The second-order valence-corrected chi connectivity index (χ2v) is 22.6. The van der Waals surface area contributed by atoms with Gasteiger partial charge in [0.05, 0.1) is 33.6 Å². The summed E-state index contributed by atoms with van der Waals surface area (Å²) in [7, 11) is 3.38. The van der Waals surface area contributed by atoms with Gasteiger partial charge in [0.15, 0.2) is 11.6 Å². The number of carbonyl (C=O) groups excluding carboxylic acids is 4. The van der Waals surface area contributed by atoms with Crippen LogP contribution in [0.5, 0.6) is 0 Å². The fourth-order valence-electron chi connectivity index (χ4n) is 9.86. The van der Waals surface area contributed by atoms with E-state index in [0.717, 1.165) is 71.1 Å². The fourth-order valence-corrected chi connectivity index (χ4v) is 12.2. The Bertz CT molecular complexity index is 2790. The van der Waals surface area contributed by atoms with Crippen LogP contribution in [0, 0.1) is 5.41 Å². The number of hydrogen-bond acceptors (Lipinski definition) is 11. The van der Waals surface area contributed by atoms with Crippen molar-refractivity contribution < 1.29 is 23.9 Å². The normalized spacial score (nSPS) is 22.0. The highest BCUT2D eigenvalue weighted by Crippen LogP contribution is 2.55. The van der Waals surface area contributed by atoms with Gasteiger partial charge in [0, 0.05) is 61.0 Å². The zero-order chi connectivity index (χ0) is 51.3. The van der Waals surface area contributed by atoms with Gasteiger partial charge in [0.2, 0.25) is 11.8 Å². The van der Waals surface area contributed by atoms with E-state index in [4.69, 9.17) is 15.5 Å². The number of nitrogens with two attached hydrogens (primary N) is 1. The summed E-state index contributed by atoms with van der Waals surface area (Å²) in [5.41, 5.74) is 10.8. The Morgan fingerprint density at radius 2 is 1.60 bits per heavy atom. The summed E-state index contributed by atoms with van der Waals surface area (Å²) in [5.74, 6) is 1.89. The standard InChI is InChI=1S/C57H72N8O5S2/c1-7-70-37-47-62-50-51(44-24-17-18-25-45(44)61-53(50)58)65(47)38-55(3,4)64-49(67)27-16-13-20-33-59-48(66)32-35-71-72-39(2)40-28-30-41(31-29-40)54(69)60-34-21-19-26-46-52(68)56(5)42-22-14-11-9-8-10-12-15-23-43(36-42)57(56,6)63-46/h8-12,14-15,17-18,22-25,28-31,36,39,46,63H,7,13,16,19-21,26-27,32-35,37-38H2,1-6H3,(H2,58,61)(H,59,66)(H,60,69)(H,64,67)/b9-8-,10-8?,11-9?,12-10-,14-11-,15-12?,22-14?,23-15?,42-22+,43-23?. The zero-order valence-corrected chi connectivity index (χ0v) is 44.4. The van der Waals surface area contributed by atoms with Crippen LogP contribution in [0.1, 0.15) is 120 Å². The van der Waals surface area contributed by atoms with Crippen LogP contribution in [-0.2, 0) is 32.3 Å². The maximum Gasteiger partial charge on any atom is 0.251 e. The SMILES string of the molecule is CCOCc1nc2c(N)nc3ccccc3c2n1CC(C)(C)NC(=O)CCCCCNC(=O)CCSSC(C)c1ccc(C(=O)NCCCCC2NC3(C)C4=C\C(=C/C=C\C=C/C=C\C=C4)C3(C)C2=O)cc1. The molecule has 2 aromatic carbocycles. The van der Waals surface area contributed by atoms with Crippen LogP contribution in [0.25, 0.3) is 21.9 Å². The highest BCUT2D eigenvalue weighted by molar-refractivity contribution is 8.76. The number of para-hydroxylation sites is 1. The highest BCUT2D eigenvalue weighted by atomic mass is 33.1. The molecular weight excluding hydrogens is 941 g/mol. The van der Waals surface area contributed by atoms with Crippen molar-refractivity contribution in [3.8, 4) is 0 Å². The molecule has 1 aliphatic heterocycles. The van der Waals surface area contributed by atoms with Gasteiger partial charge in [0.25, 0.3) is 5.91 Å². The summed E-state index contributed by atoms with van der Waals surface area (Å²) in [5, 5.41) is 14.1. The van der Waals surface area contributed by atoms with Crippen molar-refractivity contribution in [2.75, 3.05) is 31.2 Å². The lowest BCUT2D eigenvalue weighted by molar-refractivity contribution is -0.125. The van der Waals surface area contributed by atoms with Crippen molar-refractivity contribution in [1.82, 2.24) is 35.8 Å². The van der Waals surface area contributed by atoms with Gasteiger partial charge in [-0.05, 0) is 109 Å². The Balaban J connectivity index is 0.742. The molecule has 3 amide bonds. The summed E-state index contributed by atoms with van der Waals surface area (Å²) >= 11 is 0. The maximum absolute atomic E-state index is 14.0. The number of benzene rings is 2. The topological polar surface area (TPSA) is 182 Å². The lowest BCUT2D eigenvalue weighted by atomic mass is 9.69. The third-order valence-electron chi connectivity index (χ3n) is 14.0. The van der Waals surface area contributed by atoms with Crippen molar-refractivity contribution in [3.05, 3.63) is 137 Å². The van der Waals surface area contributed by atoms with E-state index in [-0.39, 0.29) is 34.8 Å². The Hall–Kier alpha value is -5.74. The lowest BCUT2D eigenvalue weighted by Gasteiger charge is -2.35. The molecule has 4 aromatic rings. The molecule has 2 aromatic heterocycles. The van der Waals surface area contributed by atoms with Gasteiger partial charge in [-0.2, -0.15) is 0 Å². The number of imidazole rings is 1. The molecule has 4 unspecified atom stereocenters. The predicted molar refractivity (Wildman–Crippen MR) is 295 cm³/mol. The number of amides is 3. The van der Waals surface area contributed by atoms with Crippen molar-refractivity contribution in [3.63, 3.8) is 0 Å². The number of rotatable bonds is 24. The van der Waals surface area contributed by atoms with Gasteiger partial charge in [0.1, 0.15) is 17.9 Å². The molecule has 6 N–H and O–H groups in total. The second-order valence-electron chi connectivity index (χ2n) is 19.8. The van der Waals surface area contributed by atoms with Gasteiger partial charge in [-0.15, -0.1) is 0 Å². The Labute approximate surface area is 432 Å². The molecule has 3 aliphatic rings. The van der Waals surface area contributed by atoms with E-state index in [9.17, 15) is 19.2 Å². The van der Waals surface area contributed by atoms with Crippen LogP contribution in [-0.4, -0.2) is 80.6 Å². The van der Waals surface area contributed by atoms with E-state index in [1.807, 2.05) is 112 Å². The van der Waals surface area contributed by atoms with Crippen LogP contribution < -0.4 is 27.0 Å². The molecule has 72 heavy (non-hydrogen) atoms. The molecule has 2 bridgehead atoms. The van der Waals surface area contributed by atoms with Crippen LogP contribution in [0.2, 0.25) is 0 Å². The van der Waals surface area contributed by atoms with Crippen molar-refractivity contribution in [2.24, 2.45) is 5.41 Å². The molecule has 1 fully saturated rings. The number of nitrogens with zero attached hydrogens (tertiary/aromatic N) is 3. The van der Waals surface area contributed by atoms with Gasteiger partial charge >= 0.3 is 0 Å². The fraction of sp³-hybridized carbons (Fsp3) is 0.439. The Kier molecular flexibility index (Phi) is 18.6. The van der Waals surface area contributed by atoms with Gasteiger partial charge in [-0.1, -0.05) is 119 Å². The number of Topliss-reactive ketones (excluding diaryl/α,β-unsaturated/α-hetero) is 1.